The minimum atomic E-state index is -1.38. The fourth-order valence-electron chi connectivity index (χ4n) is 3.44. The Morgan fingerprint density at radius 1 is 1.07 bits per heavy atom. The lowest BCUT2D eigenvalue weighted by Gasteiger charge is -2.14. The van der Waals surface area contributed by atoms with Crippen LogP contribution in [0.4, 0.5) is 0 Å². The normalized spacial score (nSPS) is 14.2. The first-order chi connectivity index (χ1) is 14.5. The van der Waals surface area contributed by atoms with Crippen LogP contribution in [0.1, 0.15) is 21.5 Å². The van der Waals surface area contributed by atoms with Crippen LogP contribution in [-0.2, 0) is 24.1 Å². The Bertz CT molecular complexity index is 1120. The highest BCUT2D eigenvalue weighted by Gasteiger charge is 2.27. The zero-order valence-corrected chi connectivity index (χ0v) is 17.7. The fraction of sp³-hybridized carbons (Fsp3) is 0.136. The first kappa shape index (κ1) is 20.6. The number of hydrogen-bond donors (Lipinski definition) is 2. The van der Waals surface area contributed by atoms with E-state index < -0.39 is 16.9 Å². The average Bonchev–Trinajstić information content (AvgIpc) is 3.23. The first-order valence-electron chi connectivity index (χ1n) is 9.17. The van der Waals surface area contributed by atoms with Crippen LogP contribution >= 0.6 is 11.6 Å². The number of methoxy groups -OCH3 is 1. The summed E-state index contributed by atoms with van der Waals surface area (Å²) in [4.78, 5) is 12.4. The molecular weight excluding hydrogens is 424 g/mol. The Kier molecular flexibility index (Phi) is 5.87. The van der Waals surface area contributed by atoms with Crippen LogP contribution in [0, 0.1) is 0 Å². The Hall–Kier alpha value is -2.71. The number of nitrogens with zero attached hydrogens (tertiary/aromatic N) is 1. The maximum atomic E-state index is 13.1. The van der Waals surface area contributed by atoms with Gasteiger partial charge in [0, 0.05) is 23.7 Å². The zero-order valence-electron chi connectivity index (χ0n) is 16.1. The molecule has 0 fully saturated rings. The van der Waals surface area contributed by atoms with E-state index in [-0.39, 0.29) is 5.56 Å². The van der Waals surface area contributed by atoms with Gasteiger partial charge in [-0.1, -0.05) is 35.9 Å². The summed E-state index contributed by atoms with van der Waals surface area (Å²) in [6, 6.07) is 18.5. The Morgan fingerprint density at radius 3 is 2.30 bits per heavy atom. The zero-order chi connectivity index (χ0) is 21.3. The van der Waals surface area contributed by atoms with Crippen molar-refractivity contribution < 1.29 is 18.9 Å². The van der Waals surface area contributed by atoms with Gasteiger partial charge in [0.15, 0.2) is 0 Å². The molecule has 1 aliphatic heterocycles. The molecule has 1 aliphatic rings. The van der Waals surface area contributed by atoms with E-state index in [2.05, 4.69) is 0 Å². The Balaban J connectivity index is 1.52. The Morgan fingerprint density at radius 2 is 1.70 bits per heavy atom. The largest absolute Gasteiger partial charge is 0.497 e. The summed E-state index contributed by atoms with van der Waals surface area (Å²) in [7, 11) is 0.253. The standard InChI is InChI=1S/C22H19ClN2O4S/c1-29-18-6-2-14(3-7-18)15-4-8-19(9-5-15)30(28)25-12-17-10-16(22(26)24-27)11-21(23)20(17)13-25/h2-11,27H,12-13H2,1H3,(H,24,26). The molecule has 0 saturated heterocycles. The third-order valence-electron chi connectivity index (χ3n) is 5.05. The SMILES string of the molecule is COc1ccc(-c2ccc(S(=O)N3Cc4cc(C(=O)NO)cc(Cl)c4C3)cc2)cc1. The summed E-state index contributed by atoms with van der Waals surface area (Å²) < 4.78 is 20.1. The molecule has 8 heteroatoms. The van der Waals surface area contributed by atoms with E-state index in [1.165, 1.54) is 6.07 Å². The molecule has 3 aromatic carbocycles. The van der Waals surface area contributed by atoms with Crippen LogP contribution in [0.2, 0.25) is 5.02 Å². The van der Waals surface area contributed by atoms with Gasteiger partial charge in [-0.3, -0.25) is 10.0 Å². The van der Waals surface area contributed by atoms with Crippen LogP contribution in [0.25, 0.3) is 11.1 Å². The maximum Gasteiger partial charge on any atom is 0.274 e. The third-order valence-corrected chi connectivity index (χ3v) is 6.79. The van der Waals surface area contributed by atoms with Crippen molar-refractivity contribution in [1.29, 1.82) is 0 Å². The van der Waals surface area contributed by atoms with Gasteiger partial charge in [0.2, 0.25) is 0 Å². The van der Waals surface area contributed by atoms with E-state index in [4.69, 9.17) is 21.5 Å². The fourth-order valence-corrected chi connectivity index (χ4v) is 4.91. The number of amides is 1. The topological polar surface area (TPSA) is 78.9 Å². The van der Waals surface area contributed by atoms with Gasteiger partial charge < -0.3 is 4.74 Å². The molecule has 1 heterocycles. The highest BCUT2D eigenvalue weighted by atomic mass is 35.5. The number of carbonyl (C=O) groups is 1. The van der Waals surface area contributed by atoms with Crippen LogP contribution < -0.4 is 10.2 Å². The molecule has 0 spiro atoms. The van der Waals surface area contributed by atoms with Gasteiger partial charge in [-0.2, -0.15) is 0 Å². The van der Waals surface area contributed by atoms with Crippen molar-refractivity contribution in [3.8, 4) is 16.9 Å². The van der Waals surface area contributed by atoms with Gasteiger partial charge in [-0.25, -0.2) is 14.0 Å². The van der Waals surface area contributed by atoms with Crippen molar-refractivity contribution in [3.63, 3.8) is 0 Å². The van der Waals surface area contributed by atoms with Crippen molar-refractivity contribution in [2.45, 2.75) is 18.0 Å². The molecule has 0 bridgehead atoms. The predicted molar refractivity (Wildman–Crippen MR) is 115 cm³/mol. The molecule has 0 saturated carbocycles. The van der Waals surface area contributed by atoms with E-state index in [1.54, 1.807) is 23.0 Å². The predicted octanol–water partition coefficient (Wildman–Crippen LogP) is 4.17. The van der Waals surface area contributed by atoms with Gasteiger partial charge in [-0.15, -0.1) is 0 Å². The molecule has 0 aromatic heterocycles. The molecular formula is C22H19ClN2O4S. The molecule has 3 aromatic rings. The number of rotatable bonds is 5. The van der Waals surface area contributed by atoms with Crippen molar-refractivity contribution >= 4 is 28.5 Å². The molecule has 1 unspecified atom stereocenters. The minimum absolute atomic E-state index is 0.262. The van der Waals surface area contributed by atoms with E-state index >= 15 is 0 Å². The summed E-state index contributed by atoms with van der Waals surface area (Å²) in [5.74, 6) is 0.164. The van der Waals surface area contributed by atoms with E-state index in [9.17, 15) is 9.00 Å². The lowest BCUT2D eigenvalue weighted by Crippen LogP contribution is -2.19. The van der Waals surface area contributed by atoms with Crippen molar-refractivity contribution in [3.05, 3.63) is 82.4 Å². The quantitative estimate of drug-likeness (QED) is 0.459. The Labute approximate surface area is 181 Å². The third kappa shape index (κ3) is 3.97. The number of carbonyl (C=O) groups excluding carboxylic acids is 1. The van der Waals surface area contributed by atoms with E-state index in [0.717, 1.165) is 28.0 Å². The summed E-state index contributed by atoms with van der Waals surface area (Å²) in [5.41, 5.74) is 5.60. The molecule has 0 radical (unpaired) electrons. The van der Waals surface area contributed by atoms with Gasteiger partial charge >= 0.3 is 0 Å². The van der Waals surface area contributed by atoms with Gasteiger partial charge in [0.25, 0.3) is 5.91 Å². The van der Waals surface area contributed by atoms with Crippen molar-refractivity contribution in [1.82, 2.24) is 9.79 Å². The number of halogens is 1. The molecule has 154 valence electrons. The van der Waals surface area contributed by atoms with Crippen LogP contribution in [0.5, 0.6) is 5.75 Å². The van der Waals surface area contributed by atoms with Gasteiger partial charge in [0.1, 0.15) is 16.7 Å². The van der Waals surface area contributed by atoms with Crippen LogP contribution in [0.3, 0.4) is 0 Å². The smallest absolute Gasteiger partial charge is 0.274 e. The highest BCUT2D eigenvalue weighted by Crippen LogP contribution is 2.33. The van der Waals surface area contributed by atoms with Crippen molar-refractivity contribution in [2.24, 2.45) is 0 Å². The summed E-state index contributed by atoms with van der Waals surface area (Å²) in [6.07, 6.45) is 0. The van der Waals surface area contributed by atoms with E-state index in [1.807, 2.05) is 48.5 Å². The molecule has 1 atom stereocenters. The molecule has 4 rings (SSSR count). The number of nitrogens with one attached hydrogen (secondary N) is 1. The number of fused-ring (bicyclic) bond motifs is 1. The first-order valence-corrected chi connectivity index (χ1v) is 10.7. The van der Waals surface area contributed by atoms with Gasteiger partial charge in [-0.05, 0) is 58.7 Å². The summed E-state index contributed by atoms with van der Waals surface area (Å²) in [5, 5.41) is 9.26. The summed E-state index contributed by atoms with van der Waals surface area (Å²) in [6.45, 7) is 0.816. The highest BCUT2D eigenvalue weighted by molar-refractivity contribution is 7.82. The average molecular weight is 443 g/mol. The lowest BCUT2D eigenvalue weighted by atomic mass is 10.1. The molecule has 0 aliphatic carbocycles. The second-order valence-electron chi connectivity index (χ2n) is 6.84. The minimum Gasteiger partial charge on any atom is -0.497 e. The second kappa shape index (κ2) is 8.57. The summed E-state index contributed by atoms with van der Waals surface area (Å²) >= 11 is 6.31. The van der Waals surface area contributed by atoms with Crippen LogP contribution in [-0.4, -0.2) is 26.7 Å². The lowest BCUT2D eigenvalue weighted by molar-refractivity contribution is 0.0706. The van der Waals surface area contributed by atoms with E-state index in [0.29, 0.717) is 23.0 Å². The van der Waals surface area contributed by atoms with Crippen molar-refractivity contribution in [2.75, 3.05) is 7.11 Å². The number of hydrogen-bond acceptors (Lipinski definition) is 4. The van der Waals surface area contributed by atoms with Crippen LogP contribution in [0.15, 0.2) is 65.6 Å². The molecule has 30 heavy (non-hydrogen) atoms. The monoisotopic (exact) mass is 442 g/mol. The molecule has 2 N–H and O–H groups in total. The maximum absolute atomic E-state index is 13.1. The number of hydroxylamine groups is 1. The molecule has 6 nitrogen and oxygen atoms in total. The number of ether oxygens (including phenoxy) is 1. The second-order valence-corrected chi connectivity index (χ2v) is 8.73. The molecule has 1 amide bonds. The van der Waals surface area contributed by atoms with Gasteiger partial charge in [0.05, 0.1) is 12.0 Å². The number of benzene rings is 3.